The second-order valence-electron chi connectivity index (χ2n) is 5.73. The smallest absolute Gasteiger partial charge is 0.371 e. The average molecular weight is 444 g/mol. The predicted molar refractivity (Wildman–Crippen MR) is 96.3 cm³/mol. The second kappa shape index (κ2) is 8.10. The maximum atomic E-state index is 12.2. The molecule has 1 fully saturated rings. The first-order valence-corrected chi connectivity index (χ1v) is 8.74. The number of halogens is 2. The molecule has 0 atom stereocenters. The molecular formula is C17H11Cl2NO9. The van der Waals surface area contributed by atoms with Gasteiger partial charge in [-0.05, 0) is 12.1 Å². The van der Waals surface area contributed by atoms with Gasteiger partial charge in [-0.15, -0.1) is 5.06 Å². The number of hydrogen-bond donors (Lipinski definition) is 0. The number of carbonyl (C=O) groups is 4. The summed E-state index contributed by atoms with van der Waals surface area (Å²) in [5, 5.41) is 0.234. The van der Waals surface area contributed by atoms with Gasteiger partial charge in [0.15, 0.2) is 11.3 Å². The van der Waals surface area contributed by atoms with Gasteiger partial charge in [-0.1, -0.05) is 23.2 Å². The number of hydrogen-bond acceptors (Lipinski definition) is 9. The molecule has 0 radical (unpaired) electrons. The molecule has 0 N–H and O–H groups in total. The Morgan fingerprint density at radius 3 is 2.41 bits per heavy atom. The van der Waals surface area contributed by atoms with E-state index in [2.05, 4.69) is 4.74 Å². The molecule has 0 saturated carbocycles. The Balaban J connectivity index is 1.93. The monoisotopic (exact) mass is 443 g/mol. The van der Waals surface area contributed by atoms with Crippen LogP contribution in [-0.2, 0) is 24.0 Å². The van der Waals surface area contributed by atoms with Crippen LogP contribution in [0.5, 0.6) is 5.75 Å². The van der Waals surface area contributed by atoms with E-state index in [0.29, 0.717) is 5.06 Å². The Bertz CT molecular complexity index is 1090. The van der Waals surface area contributed by atoms with Crippen molar-refractivity contribution in [2.24, 2.45) is 0 Å². The third kappa shape index (κ3) is 4.17. The molecule has 2 amide bonds. The lowest BCUT2D eigenvalue weighted by molar-refractivity contribution is -0.172. The van der Waals surface area contributed by atoms with Gasteiger partial charge < -0.3 is 18.7 Å². The third-order valence-corrected chi connectivity index (χ3v) is 4.36. The number of fused-ring (bicyclic) bond motifs is 1. The van der Waals surface area contributed by atoms with E-state index < -0.39 is 41.7 Å². The summed E-state index contributed by atoms with van der Waals surface area (Å²) in [6.07, 6.45) is -0.195. The van der Waals surface area contributed by atoms with Gasteiger partial charge >= 0.3 is 17.6 Å². The second-order valence-corrected chi connectivity index (χ2v) is 6.51. The summed E-state index contributed by atoms with van der Waals surface area (Å²) in [4.78, 5) is 63.1. The van der Waals surface area contributed by atoms with Gasteiger partial charge in [-0.3, -0.25) is 14.4 Å². The summed E-state index contributed by atoms with van der Waals surface area (Å²) >= 11 is 12.2. The molecule has 0 spiro atoms. The number of benzene rings is 1. The van der Waals surface area contributed by atoms with Crippen LogP contribution in [0.3, 0.4) is 0 Å². The summed E-state index contributed by atoms with van der Waals surface area (Å²) in [6, 6.07) is 2.37. The molecule has 0 aliphatic carbocycles. The standard InChI is InChI=1S/C17H11Cl2NO9/c1-7(21)26-6-27-15-10(18)5-8-4-9(16(24)28-14(8)13(15)19)17(25)29-20-11(22)2-3-12(20)23/h4-5H,2-3,6H2,1H3. The van der Waals surface area contributed by atoms with Crippen molar-refractivity contribution < 1.29 is 37.9 Å². The first kappa shape index (κ1) is 20.6. The predicted octanol–water partition coefficient (Wildman–Crippen LogP) is 2.22. The molecule has 12 heteroatoms. The largest absolute Gasteiger partial charge is 0.454 e. The van der Waals surface area contributed by atoms with E-state index in [1.807, 2.05) is 0 Å². The Hall–Kier alpha value is -3.11. The molecule has 0 bridgehead atoms. The van der Waals surface area contributed by atoms with Crippen molar-refractivity contribution in [2.45, 2.75) is 19.8 Å². The molecule has 0 unspecified atom stereocenters. The first-order valence-electron chi connectivity index (χ1n) is 7.99. The lowest BCUT2D eigenvalue weighted by Gasteiger charge is -2.13. The minimum absolute atomic E-state index is 0.0206. The first-order chi connectivity index (χ1) is 13.7. The topological polar surface area (TPSA) is 129 Å². The van der Waals surface area contributed by atoms with Crippen molar-refractivity contribution in [3.8, 4) is 5.75 Å². The van der Waals surface area contributed by atoms with Gasteiger partial charge in [-0.2, -0.15) is 0 Å². The Morgan fingerprint density at radius 2 is 1.79 bits per heavy atom. The van der Waals surface area contributed by atoms with E-state index in [0.717, 1.165) is 6.07 Å². The van der Waals surface area contributed by atoms with Gasteiger partial charge in [-0.25, -0.2) is 9.59 Å². The zero-order valence-electron chi connectivity index (χ0n) is 14.7. The van der Waals surface area contributed by atoms with Gasteiger partial charge in [0.25, 0.3) is 11.8 Å². The molecule has 1 aliphatic heterocycles. The van der Waals surface area contributed by atoms with E-state index in [-0.39, 0.29) is 39.6 Å². The van der Waals surface area contributed by atoms with Crippen LogP contribution in [0.15, 0.2) is 21.3 Å². The van der Waals surface area contributed by atoms with Crippen LogP contribution in [0.25, 0.3) is 11.0 Å². The van der Waals surface area contributed by atoms with Gasteiger partial charge in [0.2, 0.25) is 6.79 Å². The minimum Gasteiger partial charge on any atom is -0.454 e. The van der Waals surface area contributed by atoms with Crippen molar-refractivity contribution in [3.63, 3.8) is 0 Å². The zero-order chi connectivity index (χ0) is 21.3. The summed E-state index contributed by atoms with van der Waals surface area (Å²) in [5.41, 5.74) is -1.86. The lowest BCUT2D eigenvalue weighted by Crippen LogP contribution is -2.33. The van der Waals surface area contributed by atoms with Crippen molar-refractivity contribution in [1.82, 2.24) is 5.06 Å². The Labute approximate surface area is 171 Å². The zero-order valence-corrected chi connectivity index (χ0v) is 16.2. The number of imide groups is 1. The molecule has 2 heterocycles. The molecule has 1 aromatic heterocycles. The number of amides is 2. The van der Waals surface area contributed by atoms with Crippen molar-refractivity contribution in [1.29, 1.82) is 0 Å². The maximum absolute atomic E-state index is 12.2. The van der Waals surface area contributed by atoms with E-state index in [1.54, 1.807) is 0 Å². The molecule has 1 saturated heterocycles. The Kier molecular flexibility index (Phi) is 5.76. The summed E-state index contributed by atoms with van der Waals surface area (Å²) in [5.74, 6) is -3.36. The van der Waals surface area contributed by atoms with Gasteiger partial charge in [0.1, 0.15) is 10.6 Å². The van der Waals surface area contributed by atoms with Crippen LogP contribution in [0, 0.1) is 0 Å². The highest BCUT2D eigenvalue weighted by atomic mass is 35.5. The van der Waals surface area contributed by atoms with Crippen LogP contribution in [0.4, 0.5) is 0 Å². The van der Waals surface area contributed by atoms with Crippen molar-refractivity contribution in [2.75, 3.05) is 6.79 Å². The third-order valence-electron chi connectivity index (χ3n) is 3.74. The average Bonchev–Trinajstić information content (AvgIpc) is 2.96. The van der Waals surface area contributed by atoms with Crippen LogP contribution in [0.2, 0.25) is 10.0 Å². The Morgan fingerprint density at radius 1 is 1.14 bits per heavy atom. The van der Waals surface area contributed by atoms with Crippen molar-refractivity contribution >= 4 is 57.9 Å². The molecule has 29 heavy (non-hydrogen) atoms. The van der Waals surface area contributed by atoms with Crippen LogP contribution < -0.4 is 10.4 Å². The van der Waals surface area contributed by atoms with E-state index in [9.17, 15) is 24.0 Å². The molecule has 2 aromatic rings. The van der Waals surface area contributed by atoms with Gasteiger partial charge in [0, 0.05) is 25.2 Å². The number of carbonyl (C=O) groups excluding carboxylic acids is 4. The number of esters is 1. The number of nitrogens with zero attached hydrogens (tertiary/aromatic N) is 1. The lowest BCUT2D eigenvalue weighted by atomic mass is 10.2. The highest BCUT2D eigenvalue weighted by Crippen LogP contribution is 2.39. The molecule has 10 nitrogen and oxygen atoms in total. The molecule has 3 rings (SSSR count). The normalized spacial score (nSPS) is 13.7. The minimum atomic E-state index is -1.26. The van der Waals surface area contributed by atoms with Crippen molar-refractivity contribution in [3.05, 3.63) is 38.2 Å². The fourth-order valence-corrected chi connectivity index (χ4v) is 3.03. The fraction of sp³-hybridized carbons (Fsp3) is 0.235. The number of ether oxygens (including phenoxy) is 2. The van der Waals surface area contributed by atoms with E-state index >= 15 is 0 Å². The highest BCUT2D eigenvalue weighted by Gasteiger charge is 2.34. The van der Waals surface area contributed by atoms with Crippen LogP contribution in [-0.4, -0.2) is 35.6 Å². The highest BCUT2D eigenvalue weighted by molar-refractivity contribution is 6.40. The summed E-state index contributed by atoms with van der Waals surface area (Å²) in [7, 11) is 0. The summed E-state index contributed by atoms with van der Waals surface area (Å²) < 4.78 is 14.9. The molecule has 1 aliphatic rings. The SMILES string of the molecule is CC(=O)OCOc1c(Cl)cc2cc(C(=O)ON3C(=O)CCC3=O)c(=O)oc2c1Cl. The maximum Gasteiger partial charge on any atom is 0.371 e. The molecule has 1 aromatic carbocycles. The summed E-state index contributed by atoms with van der Waals surface area (Å²) in [6.45, 7) is 0.697. The van der Waals surface area contributed by atoms with E-state index in [1.165, 1.54) is 13.0 Å². The molecule has 152 valence electrons. The number of hydroxylamine groups is 2. The molecular weight excluding hydrogens is 433 g/mol. The van der Waals surface area contributed by atoms with Crippen LogP contribution >= 0.6 is 23.2 Å². The van der Waals surface area contributed by atoms with Crippen LogP contribution in [0.1, 0.15) is 30.1 Å². The number of rotatable bonds is 5. The quantitative estimate of drug-likeness (QED) is 0.295. The van der Waals surface area contributed by atoms with E-state index in [4.69, 9.17) is 37.2 Å². The fourth-order valence-electron chi connectivity index (χ4n) is 2.41. The van der Waals surface area contributed by atoms with Gasteiger partial charge in [0.05, 0.1) is 5.02 Å².